The highest BCUT2D eigenvalue weighted by Crippen LogP contribution is 1.99. The van der Waals surface area contributed by atoms with Crippen molar-refractivity contribution in [3.8, 4) is 0 Å². The maximum absolute atomic E-state index is 11.5. The zero-order valence-corrected chi connectivity index (χ0v) is 9.20. The Labute approximate surface area is 86.2 Å². The summed E-state index contributed by atoms with van der Waals surface area (Å²) in [6.45, 7) is 9.34. The van der Waals surface area contributed by atoms with Gasteiger partial charge in [-0.3, -0.25) is 9.69 Å². The molecule has 0 aromatic heterocycles. The van der Waals surface area contributed by atoms with Crippen LogP contribution in [0.25, 0.3) is 0 Å². The van der Waals surface area contributed by atoms with Gasteiger partial charge in [-0.25, -0.2) is 5.32 Å². The van der Waals surface area contributed by atoms with E-state index in [-0.39, 0.29) is 5.91 Å². The number of amides is 1. The van der Waals surface area contributed by atoms with Crippen molar-refractivity contribution in [1.29, 1.82) is 0 Å². The topological polar surface area (TPSA) is 37.7 Å². The molecule has 0 bridgehead atoms. The predicted molar refractivity (Wildman–Crippen MR) is 56.0 cm³/mol. The minimum absolute atomic E-state index is 0.245. The number of carbonyl (C=O) groups excluding carboxylic acids is 1. The van der Waals surface area contributed by atoms with E-state index in [1.807, 2.05) is 18.7 Å². The van der Waals surface area contributed by atoms with E-state index >= 15 is 0 Å². The van der Waals surface area contributed by atoms with Crippen LogP contribution in [-0.4, -0.2) is 55.1 Å². The van der Waals surface area contributed by atoms with Gasteiger partial charge in [-0.2, -0.15) is 0 Å². The molecule has 14 heavy (non-hydrogen) atoms. The predicted octanol–water partition coefficient (Wildman–Crippen LogP) is 0.122. The van der Waals surface area contributed by atoms with Crippen LogP contribution >= 0.6 is 0 Å². The van der Waals surface area contributed by atoms with Crippen LogP contribution in [0.4, 0.5) is 0 Å². The van der Waals surface area contributed by atoms with Gasteiger partial charge in [0.1, 0.15) is 0 Å². The van der Waals surface area contributed by atoms with Crippen molar-refractivity contribution in [3.05, 3.63) is 0 Å². The van der Waals surface area contributed by atoms with Crippen LogP contribution in [-0.2, 0) is 4.79 Å². The molecule has 1 aliphatic rings. The molecule has 1 radical (unpaired) electrons. The van der Waals surface area contributed by atoms with E-state index in [1.54, 1.807) is 0 Å². The fraction of sp³-hybridized carbons (Fsp3) is 0.900. The summed E-state index contributed by atoms with van der Waals surface area (Å²) in [4.78, 5) is 15.7. The third-order valence-corrected chi connectivity index (χ3v) is 2.56. The highest BCUT2D eigenvalue weighted by molar-refractivity contribution is 5.75. The number of hydrogen-bond acceptors (Lipinski definition) is 2. The van der Waals surface area contributed by atoms with Crippen molar-refractivity contribution in [2.45, 2.75) is 20.3 Å². The average molecular weight is 198 g/mol. The van der Waals surface area contributed by atoms with Gasteiger partial charge in [-0.15, -0.1) is 0 Å². The highest BCUT2D eigenvalue weighted by atomic mass is 16.2. The zero-order chi connectivity index (χ0) is 10.4. The summed E-state index contributed by atoms with van der Waals surface area (Å²) < 4.78 is 0. The molecule has 1 saturated heterocycles. The first-order chi connectivity index (χ1) is 6.77. The molecule has 0 aromatic carbocycles. The summed E-state index contributed by atoms with van der Waals surface area (Å²) in [5.41, 5.74) is 0. The molecule has 1 amide bonds. The summed E-state index contributed by atoms with van der Waals surface area (Å²) in [6, 6.07) is 0. The molecule has 0 atom stereocenters. The van der Waals surface area contributed by atoms with E-state index in [2.05, 4.69) is 10.2 Å². The molecule has 1 fully saturated rings. The van der Waals surface area contributed by atoms with Crippen LogP contribution in [0.5, 0.6) is 0 Å². The molecule has 0 spiro atoms. The van der Waals surface area contributed by atoms with Crippen LogP contribution in [0, 0.1) is 0 Å². The van der Waals surface area contributed by atoms with Crippen LogP contribution in [0.1, 0.15) is 20.3 Å². The van der Waals surface area contributed by atoms with Gasteiger partial charge in [0.05, 0.1) is 6.67 Å². The van der Waals surface area contributed by atoms with Crippen molar-refractivity contribution in [2.24, 2.45) is 0 Å². The fourth-order valence-corrected chi connectivity index (χ4v) is 1.61. The van der Waals surface area contributed by atoms with E-state index in [9.17, 15) is 4.79 Å². The molecule has 0 aliphatic carbocycles. The van der Waals surface area contributed by atoms with Crippen LogP contribution in [0.3, 0.4) is 0 Å². The maximum atomic E-state index is 11.5. The van der Waals surface area contributed by atoms with Gasteiger partial charge >= 0.3 is 0 Å². The first-order valence-corrected chi connectivity index (χ1v) is 5.41. The lowest BCUT2D eigenvalue weighted by Crippen LogP contribution is -2.47. The van der Waals surface area contributed by atoms with Gasteiger partial charge in [-0.05, 0) is 6.92 Å². The van der Waals surface area contributed by atoms with E-state index in [4.69, 9.17) is 0 Å². The largest absolute Gasteiger partial charge is 0.330 e. The van der Waals surface area contributed by atoms with Crippen LogP contribution in [0.15, 0.2) is 0 Å². The van der Waals surface area contributed by atoms with Crippen molar-refractivity contribution >= 4 is 5.91 Å². The molecular weight excluding hydrogens is 178 g/mol. The zero-order valence-electron chi connectivity index (χ0n) is 9.20. The summed E-state index contributed by atoms with van der Waals surface area (Å²) in [7, 11) is 0. The summed E-state index contributed by atoms with van der Waals surface area (Å²) in [6.07, 6.45) is 0.603. The molecule has 0 N–H and O–H groups in total. The summed E-state index contributed by atoms with van der Waals surface area (Å²) >= 11 is 0. The lowest BCUT2D eigenvalue weighted by molar-refractivity contribution is -0.132. The van der Waals surface area contributed by atoms with E-state index in [0.717, 1.165) is 39.4 Å². The average Bonchev–Trinajstić information content (AvgIpc) is 2.26. The van der Waals surface area contributed by atoms with E-state index < -0.39 is 0 Å². The SMILES string of the molecule is CCC(=O)N(CC)CN1CC[N]CC1. The summed E-state index contributed by atoms with van der Waals surface area (Å²) in [5, 5.41) is 4.28. The van der Waals surface area contributed by atoms with Crippen molar-refractivity contribution in [3.63, 3.8) is 0 Å². The van der Waals surface area contributed by atoms with Crippen molar-refractivity contribution < 1.29 is 4.79 Å². The highest BCUT2D eigenvalue weighted by Gasteiger charge is 2.15. The molecule has 0 aromatic rings. The third-order valence-electron chi connectivity index (χ3n) is 2.56. The Morgan fingerprint density at radius 3 is 2.50 bits per heavy atom. The molecule has 1 rings (SSSR count). The summed E-state index contributed by atoms with van der Waals surface area (Å²) in [5.74, 6) is 0.245. The molecule has 1 heterocycles. The molecule has 4 heteroatoms. The molecule has 1 aliphatic heterocycles. The van der Waals surface area contributed by atoms with Crippen molar-refractivity contribution in [2.75, 3.05) is 39.4 Å². The van der Waals surface area contributed by atoms with Gasteiger partial charge in [0.25, 0.3) is 0 Å². The fourth-order valence-electron chi connectivity index (χ4n) is 1.61. The van der Waals surface area contributed by atoms with Crippen molar-refractivity contribution in [1.82, 2.24) is 15.1 Å². The second kappa shape index (κ2) is 5.98. The van der Waals surface area contributed by atoms with Crippen LogP contribution in [0.2, 0.25) is 0 Å². The van der Waals surface area contributed by atoms with Gasteiger partial charge in [0.2, 0.25) is 5.91 Å². The Hall–Kier alpha value is -0.610. The minimum atomic E-state index is 0.245. The first kappa shape index (κ1) is 11.5. The lowest BCUT2D eigenvalue weighted by Gasteiger charge is -2.32. The van der Waals surface area contributed by atoms with Crippen LogP contribution < -0.4 is 5.32 Å². The van der Waals surface area contributed by atoms with Gasteiger partial charge in [-0.1, -0.05) is 6.92 Å². The number of hydrogen-bond donors (Lipinski definition) is 0. The third kappa shape index (κ3) is 3.27. The molecule has 4 nitrogen and oxygen atoms in total. The molecular formula is C10H20N3O. The van der Waals surface area contributed by atoms with Gasteiger partial charge in [0, 0.05) is 39.1 Å². The normalized spacial score (nSPS) is 18.1. The van der Waals surface area contributed by atoms with Gasteiger partial charge in [0.15, 0.2) is 0 Å². The molecule has 0 unspecified atom stereocenters. The Kier molecular flexibility index (Phi) is 4.90. The van der Waals surface area contributed by atoms with E-state index in [1.165, 1.54) is 0 Å². The number of nitrogens with zero attached hydrogens (tertiary/aromatic N) is 3. The Morgan fingerprint density at radius 1 is 1.36 bits per heavy atom. The Bertz CT molecular complexity index is 178. The second-order valence-corrected chi connectivity index (χ2v) is 3.53. The maximum Gasteiger partial charge on any atom is 0.223 e. The standard InChI is InChI=1S/C10H20N3O/c1-3-10(14)13(4-2)9-12-7-5-11-6-8-12/h3-9H2,1-2H3. The Balaban J connectivity index is 2.34. The monoisotopic (exact) mass is 198 g/mol. The number of piperazine rings is 1. The number of carbonyl (C=O) groups is 1. The molecule has 81 valence electrons. The van der Waals surface area contributed by atoms with E-state index in [0.29, 0.717) is 6.42 Å². The smallest absolute Gasteiger partial charge is 0.223 e. The minimum Gasteiger partial charge on any atom is -0.330 e. The second-order valence-electron chi connectivity index (χ2n) is 3.53. The quantitative estimate of drug-likeness (QED) is 0.643. The lowest BCUT2D eigenvalue weighted by atomic mass is 10.3. The first-order valence-electron chi connectivity index (χ1n) is 5.41. The Morgan fingerprint density at radius 2 is 2.00 bits per heavy atom. The van der Waals surface area contributed by atoms with Gasteiger partial charge < -0.3 is 4.90 Å². The number of rotatable bonds is 4. The molecule has 0 saturated carbocycles.